The van der Waals surface area contributed by atoms with Gasteiger partial charge in [0.2, 0.25) is 0 Å². The molecule has 0 bridgehead atoms. The molecule has 84 valence electrons. The minimum Gasteiger partial charge on any atom is -0.327 e. The predicted molar refractivity (Wildman–Crippen MR) is 67.0 cm³/mol. The molecule has 0 N–H and O–H groups in total. The summed E-state index contributed by atoms with van der Waals surface area (Å²) in [5, 5.41) is 0.755. The van der Waals surface area contributed by atoms with Gasteiger partial charge in [0.15, 0.2) is 0 Å². The van der Waals surface area contributed by atoms with Crippen molar-refractivity contribution in [2.24, 2.45) is 5.92 Å². The van der Waals surface area contributed by atoms with Gasteiger partial charge in [0.1, 0.15) is 5.82 Å². The molecule has 1 aromatic carbocycles. The lowest BCUT2D eigenvalue weighted by atomic mass is 10.3. The van der Waals surface area contributed by atoms with Crippen molar-refractivity contribution in [2.45, 2.75) is 25.3 Å². The van der Waals surface area contributed by atoms with Crippen molar-refractivity contribution in [3.63, 3.8) is 0 Å². The predicted octanol–water partition coefficient (Wildman–Crippen LogP) is 3.84. The number of nitrogens with zero attached hydrogens (tertiary/aromatic N) is 2. The Labute approximate surface area is 104 Å². The van der Waals surface area contributed by atoms with E-state index in [4.69, 9.17) is 23.2 Å². The SMILES string of the molecule is ClCc1nc2ccc(Cl)cc2n1CC1CC1. The quantitative estimate of drug-likeness (QED) is 0.762. The molecule has 1 aromatic heterocycles. The zero-order chi connectivity index (χ0) is 11.1. The first kappa shape index (κ1) is 10.4. The number of alkyl halides is 1. The van der Waals surface area contributed by atoms with Crippen LogP contribution in [0.5, 0.6) is 0 Å². The molecule has 0 atom stereocenters. The van der Waals surface area contributed by atoms with E-state index in [1.54, 1.807) is 0 Å². The first-order valence-electron chi connectivity index (χ1n) is 5.48. The van der Waals surface area contributed by atoms with Crippen molar-refractivity contribution < 1.29 is 0 Å². The van der Waals surface area contributed by atoms with Crippen LogP contribution >= 0.6 is 23.2 Å². The molecule has 0 saturated heterocycles. The minimum atomic E-state index is 0.457. The van der Waals surface area contributed by atoms with E-state index >= 15 is 0 Å². The lowest BCUT2D eigenvalue weighted by Crippen LogP contribution is -2.03. The third kappa shape index (κ3) is 1.80. The first-order chi connectivity index (χ1) is 7.78. The maximum Gasteiger partial charge on any atom is 0.124 e. The van der Waals surface area contributed by atoms with Crippen LogP contribution in [0, 0.1) is 5.92 Å². The van der Waals surface area contributed by atoms with E-state index in [0.717, 1.165) is 34.3 Å². The van der Waals surface area contributed by atoms with Crippen molar-refractivity contribution in [1.29, 1.82) is 0 Å². The van der Waals surface area contributed by atoms with Crippen molar-refractivity contribution in [3.05, 3.63) is 29.0 Å². The van der Waals surface area contributed by atoms with Gasteiger partial charge < -0.3 is 4.57 Å². The van der Waals surface area contributed by atoms with Gasteiger partial charge in [0.05, 0.1) is 16.9 Å². The van der Waals surface area contributed by atoms with Crippen LogP contribution in [0.4, 0.5) is 0 Å². The second-order valence-electron chi connectivity index (χ2n) is 4.35. The van der Waals surface area contributed by atoms with E-state index in [2.05, 4.69) is 9.55 Å². The second-order valence-corrected chi connectivity index (χ2v) is 5.05. The zero-order valence-electron chi connectivity index (χ0n) is 8.79. The van der Waals surface area contributed by atoms with Crippen LogP contribution in [0.15, 0.2) is 18.2 Å². The highest BCUT2D eigenvalue weighted by atomic mass is 35.5. The molecule has 1 aliphatic rings. The maximum absolute atomic E-state index is 6.02. The van der Waals surface area contributed by atoms with Crippen molar-refractivity contribution in [2.75, 3.05) is 0 Å². The number of hydrogen-bond donors (Lipinski definition) is 0. The minimum absolute atomic E-state index is 0.457. The average molecular weight is 255 g/mol. The normalized spacial score (nSPS) is 15.9. The molecular formula is C12H12Cl2N2. The van der Waals surface area contributed by atoms with Gasteiger partial charge in [-0.15, -0.1) is 11.6 Å². The van der Waals surface area contributed by atoms with Crippen LogP contribution in [-0.4, -0.2) is 9.55 Å². The summed E-state index contributed by atoms with van der Waals surface area (Å²) < 4.78 is 2.21. The molecule has 2 aromatic rings. The number of rotatable bonds is 3. The monoisotopic (exact) mass is 254 g/mol. The molecule has 1 heterocycles. The van der Waals surface area contributed by atoms with Gasteiger partial charge in [0.25, 0.3) is 0 Å². The van der Waals surface area contributed by atoms with Crippen LogP contribution in [0.2, 0.25) is 5.02 Å². The molecule has 0 aliphatic heterocycles. The van der Waals surface area contributed by atoms with Crippen LogP contribution < -0.4 is 0 Å². The van der Waals surface area contributed by atoms with Crippen LogP contribution in [-0.2, 0) is 12.4 Å². The smallest absolute Gasteiger partial charge is 0.124 e. The number of imidazole rings is 1. The molecule has 0 radical (unpaired) electrons. The molecule has 1 aliphatic carbocycles. The van der Waals surface area contributed by atoms with Crippen LogP contribution in [0.25, 0.3) is 11.0 Å². The summed E-state index contributed by atoms with van der Waals surface area (Å²) in [7, 11) is 0. The molecule has 1 saturated carbocycles. The zero-order valence-corrected chi connectivity index (χ0v) is 10.3. The van der Waals surface area contributed by atoms with E-state index in [1.807, 2.05) is 18.2 Å². The van der Waals surface area contributed by atoms with Crippen molar-refractivity contribution in [3.8, 4) is 0 Å². The summed E-state index contributed by atoms with van der Waals surface area (Å²) in [4.78, 5) is 4.53. The molecule has 0 unspecified atom stereocenters. The summed E-state index contributed by atoms with van der Waals surface area (Å²) in [6.07, 6.45) is 2.64. The highest BCUT2D eigenvalue weighted by Gasteiger charge is 2.24. The fraction of sp³-hybridized carbons (Fsp3) is 0.417. The fourth-order valence-electron chi connectivity index (χ4n) is 2.01. The van der Waals surface area contributed by atoms with E-state index in [-0.39, 0.29) is 0 Å². The van der Waals surface area contributed by atoms with E-state index in [1.165, 1.54) is 12.8 Å². The number of hydrogen-bond acceptors (Lipinski definition) is 1. The average Bonchev–Trinajstić information content (AvgIpc) is 3.02. The van der Waals surface area contributed by atoms with Gasteiger partial charge in [-0.2, -0.15) is 0 Å². The van der Waals surface area contributed by atoms with Crippen LogP contribution in [0.1, 0.15) is 18.7 Å². The van der Waals surface area contributed by atoms with E-state index in [0.29, 0.717) is 5.88 Å². The third-order valence-corrected chi connectivity index (χ3v) is 3.52. The Balaban J connectivity index is 2.15. The molecule has 1 fully saturated rings. The number of fused-ring (bicyclic) bond motifs is 1. The lowest BCUT2D eigenvalue weighted by Gasteiger charge is -2.06. The van der Waals surface area contributed by atoms with Crippen molar-refractivity contribution >= 4 is 34.2 Å². The summed E-state index contributed by atoms with van der Waals surface area (Å²) in [6, 6.07) is 5.80. The Kier molecular flexibility index (Phi) is 2.56. The Morgan fingerprint density at radius 1 is 1.38 bits per heavy atom. The highest BCUT2D eigenvalue weighted by molar-refractivity contribution is 6.31. The van der Waals surface area contributed by atoms with Gasteiger partial charge in [-0.25, -0.2) is 4.98 Å². The summed E-state index contributed by atoms with van der Waals surface area (Å²) >= 11 is 12.0. The largest absolute Gasteiger partial charge is 0.327 e. The topological polar surface area (TPSA) is 17.8 Å². The number of aromatic nitrogens is 2. The number of halogens is 2. The Morgan fingerprint density at radius 2 is 2.19 bits per heavy atom. The van der Waals surface area contributed by atoms with Crippen molar-refractivity contribution in [1.82, 2.24) is 9.55 Å². The molecule has 4 heteroatoms. The molecule has 0 amide bonds. The fourth-order valence-corrected chi connectivity index (χ4v) is 2.38. The number of benzene rings is 1. The Hall–Kier alpha value is -0.730. The van der Waals surface area contributed by atoms with Gasteiger partial charge in [-0.3, -0.25) is 0 Å². The van der Waals surface area contributed by atoms with Gasteiger partial charge in [-0.1, -0.05) is 11.6 Å². The Bertz CT molecular complexity index is 529. The summed E-state index contributed by atoms with van der Waals surface area (Å²) in [5.41, 5.74) is 2.09. The van der Waals surface area contributed by atoms with Crippen LogP contribution in [0.3, 0.4) is 0 Å². The highest BCUT2D eigenvalue weighted by Crippen LogP contribution is 2.33. The Morgan fingerprint density at radius 3 is 2.88 bits per heavy atom. The van der Waals surface area contributed by atoms with E-state index in [9.17, 15) is 0 Å². The van der Waals surface area contributed by atoms with Gasteiger partial charge in [-0.05, 0) is 37.0 Å². The van der Waals surface area contributed by atoms with E-state index < -0.39 is 0 Å². The van der Waals surface area contributed by atoms with Gasteiger partial charge in [0, 0.05) is 11.6 Å². The standard InChI is InChI=1S/C12H12Cl2N2/c13-6-12-15-10-4-3-9(14)5-11(10)16(12)7-8-1-2-8/h3-5,8H,1-2,6-7H2. The first-order valence-corrected chi connectivity index (χ1v) is 6.40. The second kappa shape index (κ2) is 3.94. The molecular weight excluding hydrogens is 243 g/mol. The summed E-state index contributed by atoms with van der Waals surface area (Å²) in [6.45, 7) is 1.03. The molecule has 3 rings (SSSR count). The third-order valence-electron chi connectivity index (χ3n) is 3.05. The summed E-state index contributed by atoms with van der Waals surface area (Å²) in [5.74, 6) is 2.21. The lowest BCUT2D eigenvalue weighted by molar-refractivity contribution is 0.623. The molecule has 2 nitrogen and oxygen atoms in total. The molecule has 0 spiro atoms. The maximum atomic E-state index is 6.02. The van der Waals surface area contributed by atoms with Gasteiger partial charge >= 0.3 is 0 Å². The molecule has 16 heavy (non-hydrogen) atoms.